The highest BCUT2D eigenvalue weighted by molar-refractivity contribution is 7.18. The van der Waals surface area contributed by atoms with Crippen molar-refractivity contribution in [2.45, 2.75) is 38.7 Å². The van der Waals surface area contributed by atoms with Crippen LogP contribution in [0.25, 0.3) is 10.2 Å². The van der Waals surface area contributed by atoms with Crippen molar-refractivity contribution in [1.82, 2.24) is 9.88 Å². The zero-order valence-electron chi connectivity index (χ0n) is 15.7. The van der Waals surface area contributed by atoms with E-state index in [-0.39, 0.29) is 5.91 Å². The molecule has 1 fully saturated rings. The third-order valence-electron chi connectivity index (χ3n) is 5.07. The smallest absolute Gasteiger partial charge is 0.263 e. The topological polar surface area (TPSA) is 42.4 Å². The Bertz CT molecular complexity index is 902. The first kappa shape index (κ1) is 18.0. The normalized spacial score (nSPS) is 18.4. The van der Waals surface area contributed by atoms with E-state index in [2.05, 4.69) is 12.1 Å². The Morgan fingerprint density at radius 3 is 2.78 bits per heavy atom. The van der Waals surface area contributed by atoms with Gasteiger partial charge >= 0.3 is 0 Å². The molecule has 1 aromatic heterocycles. The molecule has 0 bridgehead atoms. The van der Waals surface area contributed by atoms with Crippen molar-refractivity contribution in [3.05, 3.63) is 59.1 Å². The Morgan fingerprint density at radius 1 is 1.22 bits per heavy atom. The van der Waals surface area contributed by atoms with E-state index in [0.29, 0.717) is 5.92 Å². The summed E-state index contributed by atoms with van der Waals surface area (Å²) in [6.07, 6.45) is 1.60. The zero-order chi connectivity index (χ0) is 18.8. The Morgan fingerprint density at radius 2 is 2.00 bits per heavy atom. The number of carbonyl (C=O) groups excluding carboxylic acids is 1. The number of piperidine rings is 1. The fraction of sp³-hybridized carbons (Fsp3) is 0.364. The maximum atomic E-state index is 12.9. The first-order chi connectivity index (χ1) is 13.1. The Hall–Kier alpha value is -2.40. The summed E-state index contributed by atoms with van der Waals surface area (Å²) in [5.74, 6) is 1.11. The molecule has 1 amide bonds. The van der Waals surface area contributed by atoms with E-state index < -0.39 is 6.10 Å². The van der Waals surface area contributed by atoms with Gasteiger partial charge in [0.15, 0.2) is 6.10 Å². The van der Waals surface area contributed by atoms with Gasteiger partial charge in [-0.15, -0.1) is 11.3 Å². The van der Waals surface area contributed by atoms with Gasteiger partial charge in [-0.3, -0.25) is 4.79 Å². The summed E-state index contributed by atoms with van der Waals surface area (Å²) in [5, 5.41) is 1.14. The molecule has 140 valence electrons. The van der Waals surface area contributed by atoms with E-state index in [1.54, 1.807) is 11.3 Å². The molecule has 2 aromatic carbocycles. The molecular formula is C22H24N2O2S. The second-order valence-corrected chi connectivity index (χ2v) is 8.28. The molecule has 5 heteroatoms. The van der Waals surface area contributed by atoms with Crippen LogP contribution in [0.15, 0.2) is 48.5 Å². The van der Waals surface area contributed by atoms with Crippen LogP contribution in [0, 0.1) is 6.92 Å². The van der Waals surface area contributed by atoms with Crippen LogP contribution in [0.5, 0.6) is 5.75 Å². The van der Waals surface area contributed by atoms with Gasteiger partial charge in [-0.2, -0.15) is 0 Å². The molecule has 4 nitrogen and oxygen atoms in total. The van der Waals surface area contributed by atoms with Crippen LogP contribution in [-0.4, -0.2) is 35.0 Å². The first-order valence-corrected chi connectivity index (χ1v) is 10.3. The monoisotopic (exact) mass is 380 g/mol. The van der Waals surface area contributed by atoms with Gasteiger partial charge < -0.3 is 9.64 Å². The highest BCUT2D eigenvalue weighted by atomic mass is 32.1. The van der Waals surface area contributed by atoms with Crippen molar-refractivity contribution in [2.75, 3.05) is 13.1 Å². The largest absolute Gasteiger partial charge is 0.481 e. The van der Waals surface area contributed by atoms with Crippen LogP contribution in [0.3, 0.4) is 0 Å². The Balaban J connectivity index is 1.43. The summed E-state index contributed by atoms with van der Waals surface area (Å²) >= 11 is 1.75. The fourth-order valence-corrected chi connectivity index (χ4v) is 4.67. The number of hydrogen-bond acceptors (Lipinski definition) is 4. The lowest BCUT2D eigenvalue weighted by Gasteiger charge is -2.33. The number of fused-ring (bicyclic) bond motifs is 1. The van der Waals surface area contributed by atoms with Crippen LogP contribution in [-0.2, 0) is 4.79 Å². The number of hydrogen-bond donors (Lipinski definition) is 0. The number of amides is 1. The minimum atomic E-state index is -0.484. The summed E-state index contributed by atoms with van der Waals surface area (Å²) < 4.78 is 7.08. The van der Waals surface area contributed by atoms with Crippen molar-refractivity contribution >= 4 is 27.5 Å². The van der Waals surface area contributed by atoms with Crippen LogP contribution < -0.4 is 4.74 Å². The molecule has 0 spiro atoms. The van der Waals surface area contributed by atoms with E-state index in [9.17, 15) is 4.79 Å². The lowest BCUT2D eigenvalue weighted by molar-refractivity contribution is -0.139. The number of rotatable bonds is 4. The van der Waals surface area contributed by atoms with Crippen molar-refractivity contribution in [1.29, 1.82) is 0 Å². The number of nitrogens with zero attached hydrogens (tertiary/aromatic N) is 2. The predicted molar refractivity (Wildman–Crippen MR) is 109 cm³/mol. The molecule has 0 unspecified atom stereocenters. The molecular weight excluding hydrogens is 356 g/mol. The van der Waals surface area contributed by atoms with Crippen LogP contribution in [0.4, 0.5) is 0 Å². The van der Waals surface area contributed by atoms with Gasteiger partial charge in [-0.25, -0.2) is 4.98 Å². The molecule has 4 rings (SSSR count). The molecule has 27 heavy (non-hydrogen) atoms. The number of carbonyl (C=O) groups is 1. The highest BCUT2D eigenvalue weighted by Crippen LogP contribution is 2.33. The number of para-hydroxylation sites is 1. The van der Waals surface area contributed by atoms with Crippen molar-refractivity contribution in [3.8, 4) is 5.75 Å². The highest BCUT2D eigenvalue weighted by Gasteiger charge is 2.30. The maximum Gasteiger partial charge on any atom is 0.263 e. The third-order valence-corrected chi connectivity index (χ3v) is 6.27. The molecule has 1 aliphatic rings. The lowest BCUT2D eigenvalue weighted by atomic mass is 9.98. The second kappa shape index (κ2) is 7.69. The molecule has 2 heterocycles. The average Bonchev–Trinajstić information content (AvgIpc) is 3.13. The zero-order valence-corrected chi connectivity index (χ0v) is 16.5. The maximum absolute atomic E-state index is 12.9. The van der Waals surface area contributed by atoms with Gasteiger partial charge in [0.05, 0.1) is 15.2 Å². The number of benzene rings is 2. The summed E-state index contributed by atoms with van der Waals surface area (Å²) in [5.41, 5.74) is 2.23. The van der Waals surface area contributed by atoms with E-state index in [4.69, 9.17) is 9.72 Å². The van der Waals surface area contributed by atoms with E-state index in [0.717, 1.165) is 42.2 Å². The molecule has 3 aromatic rings. The van der Waals surface area contributed by atoms with Gasteiger partial charge in [0.2, 0.25) is 0 Å². The summed E-state index contributed by atoms with van der Waals surface area (Å²) in [6, 6.07) is 16.1. The standard InChI is InChI=1S/C22H24N2O2S/c1-15-9-11-18(12-10-15)26-16(2)22(25)24-13-5-6-17(14-24)21-23-19-7-3-4-8-20(19)27-21/h3-4,7-12,16-17H,5-6,13-14H2,1-2H3/t16-,17-/m1/s1. The Kier molecular flexibility index (Phi) is 5.12. The second-order valence-electron chi connectivity index (χ2n) is 7.22. The van der Waals surface area contributed by atoms with E-state index >= 15 is 0 Å². The van der Waals surface area contributed by atoms with Gasteiger partial charge in [-0.1, -0.05) is 29.8 Å². The molecule has 0 aliphatic carbocycles. The van der Waals surface area contributed by atoms with E-state index in [1.165, 1.54) is 10.3 Å². The third kappa shape index (κ3) is 3.98. The SMILES string of the molecule is Cc1ccc(O[C@H](C)C(=O)N2CCC[C@@H](c3nc4ccccc4s3)C2)cc1. The minimum Gasteiger partial charge on any atom is -0.481 e. The predicted octanol–water partition coefficient (Wildman–Crippen LogP) is 4.78. The molecule has 0 saturated carbocycles. The van der Waals surface area contributed by atoms with Gasteiger partial charge in [0, 0.05) is 19.0 Å². The van der Waals surface area contributed by atoms with Crippen molar-refractivity contribution in [2.24, 2.45) is 0 Å². The number of thiazole rings is 1. The van der Waals surface area contributed by atoms with Crippen LogP contribution >= 0.6 is 11.3 Å². The molecule has 0 N–H and O–H groups in total. The molecule has 0 radical (unpaired) electrons. The number of likely N-dealkylation sites (tertiary alicyclic amines) is 1. The van der Waals surface area contributed by atoms with Gasteiger partial charge in [-0.05, 0) is 51.0 Å². The number of ether oxygens (including phenoxy) is 1. The van der Waals surface area contributed by atoms with Crippen LogP contribution in [0.1, 0.15) is 36.3 Å². The number of aromatic nitrogens is 1. The lowest BCUT2D eigenvalue weighted by Crippen LogP contribution is -2.45. The summed E-state index contributed by atoms with van der Waals surface area (Å²) in [6.45, 7) is 5.39. The van der Waals surface area contributed by atoms with E-state index in [1.807, 2.05) is 55.1 Å². The first-order valence-electron chi connectivity index (χ1n) is 9.48. The summed E-state index contributed by atoms with van der Waals surface area (Å²) in [7, 11) is 0. The molecule has 1 aliphatic heterocycles. The minimum absolute atomic E-state index is 0.0568. The quantitative estimate of drug-likeness (QED) is 0.654. The van der Waals surface area contributed by atoms with Crippen LogP contribution in [0.2, 0.25) is 0 Å². The molecule has 1 saturated heterocycles. The van der Waals surface area contributed by atoms with Crippen molar-refractivity contribution in [3.63, 3.8) is 0 Å². The van der Waals surface area contributed by atoms with Crippen molar-refractivity contribution < 1.29 is 9.53 Å². The van der Waals surface area contributed by atoms with Gasteiger partial charge in [0.1, 0.15) is 5.75 Å². The number of aryl methyl sites for hydroxylation is 1. The Labute approximate surface area is 163 Å². The van der Waals surface area contributed by atoms with Gasteiger partial charge in [0.25, 0.3) is 5.91 Å². The molecule has 2 atom stereocenters. The average molecular weight is 381 g/mol. The fourth-order valence-electron chi connectivity index (χ4n) is 3.57. The summed E-state index contributed by atoms with van der Waals surface area (Å²) in [4.78, 5) is 19.6.